The molecule has 2 heterocycles. The molecular formula is C59H71BN2. The molecule has 0 radical (unpaired) electrons. The largest absolute Gasteiger partial charge is 0.312 e. The first-order valence-corrected chi connectivity index (χ1v) is 23.1. The molecule has 0 atom stereocenters. The van der Waals surface area contributed by atoms with Gasteiger partial charge >= 0.3 is 0 Å². The number of fused-ring (bicyclic) bond motifs is 4. The number of anilines is 6. The predicted molar refractivity (Wildman–Crippen MR) is 273 cm³/mol. The van der Waals surface area contributed by atoms with Gasteiger partial charge in [-0.25, -0.2) is 0 Å². The van der Waals surface area contributed by atoms with Crippen LogP contribution < -0.4 is 26.2 Å². The molecule has 0 amide bonds. The van der Waals surface area contributed by atoms with Crippen LogP contribution in [0.3, 0.4) is 0 Å². The Hall–Kier alpha value is -5.02. The smallest absolute Gasteiger partial charge is 0.247 e. The molecule has 0 saturated carbocycles. The van der Waals surface area contributed by atoms with Gasteiger partial charge in [0.1, 0.15) is 0 Å². The second kappa shape index (κ2) is 14.5. The maximum Gasteiger partial charge on any atom is 0.247 e. The maximum atomic E-state index is 2.57. The van der Waals surface area contributed by atoms with E-state index in [4.69, 9.17) is 0 Å². The fourth-order valence-electron chi connectivity index (χ4n) is 10.1. The molecule has 0 aromatic heterocycles. The highest BCUT2D eigenvalue weighted by molar-refractivity contribution is 6.99. The van der Waals surface area contributed by atoms with Crippen molar-refractivity contribution in [2.75, 3.05) is 9.80 Å². The average molecular weight is 819 g/mol. The molecule has 6 aromatic carbocycles. The Kier molecular flexibility index (Phi) is 10.2. The minimum atomic E-state index is -0.257. The zero-order valence-electron chi connectivity index (χ0n) is 41.0. The van der Waals surface area contributed by atoms with Gasteiger partial charge in [-0.1, -0.05) is 184 Å². The van der Waals surface area contributed by atoms with Crippen molar-refractivity contribution in [3.05, 3.63) is 160 Å². The van der Waals surface area contributed by atoms with Crippen molar-refractivity contribution < 1.29 is 0 Å². The normalized spacial score (nSPS) is 14.9. The van der Waals surface area contributed by atoms with Crippen molar-refractivity contribution >= 4 is 57.2 Å². The lowest BCUT2D eigenvalue weighted by Gasteiger charge is -2.48. The molecule has 2 nitrogen and oxygen atoms in total. The molecule has 0 fully saturated rings. The van der Waals surface area contributed by atoms with Crippen molar-refractivity contribution in [2.45, 2.75) is 150 Å². The number of rotatable bonds is 4. The maximum absolute atomic E-state index is 2.57. The average Bonchev–Trinajstić information content (AvgIpc) is 3.17. The van der Waals surface area contributed by atoms with Gasteiger partial charge in [-0.15, -0.1) is 0 Å². The van der Waals surface area contributed by atoms with E-state index in [9.17, 15) is 0 Å². The molecule has 2 aliphatic heterocycles. The fraction of sp³-hybridized carbons (Fsp3) is 0.390. The van der Waals surface area contributed by atoms with Crippen molar-refractivity contribution in [3.63, 3.8) is 0 Å². The topological polar surface area (TPSA) is 6.48 Å². The van der Waals surface area contributed by atoms with E-state index in [-0.39, 0.29) is 39.2 Å². The van der Waals surface area contributed by atoms with Crippen LogP contribution in [0.1, 0.15) is 157 Å². The quantitative estimate of drug-likeness (QED) is 0.163. The molecule has 0 bridgehead atoms. The van der Waals surface area contributed by atoms with E-state index in [0.29, 0.717) is 0 Å². The van der Waals surface area contributed by atoms with Crippen molar-refractivity contribution in [3.8, 4) is 0 Å². The standard InChI is InChI=1S/C59H71BN2/c1-54(2,3)38-18-25-42(26-19-38)61(43-27-20-39(21-28-43)55(4,5)6)45-31-32-46-48(37-45)60-49-36-41(57(10,11)12)24-34-50(49)62(44-29-22-40(23-30-44)56(7,8)9)51-35-33-47(58(13,14)15)52(53(51)60)59(46,16)17/h18-37H,1-17H3. The zero-order chi connectivity index (χ0) is 45.1. The molecule has 0 unspecified atom stereocenters. The first kappa shape index (κ1) is 43.6. The zero-order valence-corrected chi connectivity index (χ0v) is 41.0. The molecule has 0 saturated heterocycles. The first-order chi connectivity index (χ1) is 28.7. The van der Waals surface area contributed by atoms with E-state index in [1.165, 1.54) is 78.1 Å². The predicted octanol–water partition coefficient (Wildman–Crippen LogP) is 14.6. The van der Waals surface area contributed by atoms with Crippen LogP contribution in [0.15, 0.2) is 121 Å². The Morgan fingerprint density at radius 3 is 1.32 bits per heavy atom. The van der Waals surface area contributed by atoms with Crippen LogP contribution in [0.25, 0.3) is 0 Å². The number of benzene rings is 6. The van der Waals surface area contributed by atoms with Crippen LogP contribution >= 0.6 is 0 Å². The third-order valence-corrected chi connectivity index (χ3v) is 13.9. The molecular weight excluding hydrogens is 747 g/mol. The summed E-state index contributed by atoms with van der Waals surface area (Å²) in [5.74, 6) is 0. The molecule has 6 aromatic rings. The number of nitrogens with zero attached hydrogens (tertiary/aromatic N) is 2. The van der Waals surface area contributed by atoms with Crippen molar-refractivity contribution in [1.82, 2.24) is 0 Å². The molecule has 2 aliphatic rings. The van der Waals surface area contributed by atoms with Gasteiger partial charge in [-0.05, 0) is 138 Å². The highest BCUT2D eigenvalue weighted by atomic mass is 15.2. The molecule has 320 valence electrons. The van der Waals surface area contributed by atoms with Gasteiger partial charge < -0.3 is 9.80 Å². The van der Waals surface area contributed by atoms with E-state index in [2.05, 4.69) is 249 Å². The SMILES string of the molecule is CC(C)(C)c1ccc(N(c2ccc(C(C)(C)C)cc2)c2ccc3c(c2)B2c4cc(C(C)(C)C)ccc4N(c4ccc(C(C)(C)C)cc4)c4ccc(C(C)(C)C)c(c42)C3(C)C)cc1. The summed E-state index contributed by atoms with van der Waals surface area (Å²) in [6.07, 6.45) is 0. The van der Waals surface area contributed by atoms with Crippen LogP contribution in [0.5, 0.6) is 0 Å². The van der Waals surface area contributed by atoms with Gasteiger partial charge in [-0.3, -0.25) is 0 Å². The van der Waals surface area contributed by atoms with Gasteiger partial charge in [0.25, 0.3) is 0 Å². The second-order valence-corrected chi connectivity index (χ2v) is 24.1. The molecule has 0 aliphatic carbocycles. The molecule has 8 rings (SSSR count). The Balaban J connectivity index is 1.43. The van der Waals surface area contributed by atoms with Crippen LogP contribution in [-0.2, 0) is 32.5 Å². The summed E-state index contributed by atoms with van der Waals surface area (Å²) in [6.45, 7) is 39.9. The minimum Gasteiger partial charge on any atom is -0.312 e. The van der Waals surface area contributed by atoms with E-state index in [1.807, 2.05) is 0 Å². The Bertz CT molecular complexity index is 2590. The number of hydrogen-bond acceptors (Lipinski definition) is 2. The van der Waals surface area contributed by atoms with Crippen molar-refractivity contribution in [2.24, 2.45) is 0 Å². The lowest BCUT2D eigenvalue weighted by molar-refractivity contribution is 0.552. The summed E-state index contributed by atoms with van der Waals surface area (Å²) >= 11 is 0. The van der Waals surface area contributed by atoms with Crippen LogP contribution in [0, 0.1) is 0 Å². The second-order valence-electron chi connectivity index (χ2n) is 24.1. The fourth-order valence-corrected chi connectivity index (χ4v) is 10.1. The highest BCUT2D eigenvalue weighted by Crippen LogP contribution is 2.48. The van der Waals surface area contributed by atoms with Crippen LogP contribution in [0.2, 0.25) is 0 Å². The summed E-state index contributed by atoms with van der Waals surface area (Å²) in [7, 11) is 0. The summed E-state index contributed by atoms with van der Waals surface area (Å²) in [5, 5.41) is 0. The van der Waals surface area contributed by atoms with Crippen LogP contribution in [-0.4, -0.2) is 6.71 Å². The van der Waals surface area contributed by atoms with Gasteiger partial charge in [-0.2, -0.15) is 0 Å². The van der Waals surface area contributed by atoms with E-state index in [1.54, 1.807) is 0 Å². The lowest BCUT2D eigenvalue weighted by Crippen LogP contribution is -2.64. The van der Waals surface area contributed by atoms with Gasteiger partial charge in [0.15, 0.2) is 0 Å². The van der Waals surface area contributed by atoms with E-state index < -0.39 is 0 Å². The lowest BCUT2D eigenvalue weighted by atomic mass is 9.29. The van der Waals surface area contributed by atoms with Gasteiger partial charge in [0, 0.05) is 39.5 Å². The summed E-state index contributed by atoms with van der Waals surface area (Å²) < 4.78 is 0. The monoisotopic (exact) mass is 819 g/mol. The minimum absolute atomic E-state index is 0.0154. The summed E-state index contributed by atoms with van der Waals surface area (Å²) in [5.41, 5.74) is 21.0. The molecule has 62 heavy (non-hydrogen) atoms. The van der Waals surface area contributed by atoms with E-state index in [0.717, 1.165) is 11.4 Å². The first-order valence-electron chi connectivity index (χ1n) is 23.1. The molecule has 0 spiro atoms. The Morgan fingerprint density at radius 2 is 0.855 bits per heavy atom. The third-order valence-electron chi connectivity index (χ3n) is 13.9. The molecule has 3 heteroatoms. The Labute approximate surface area is 375 Å². The summed E-state index contributed by atoms with van der Waals surface area (Å²) in [6, 6.07) is 47.5. The highest BCUT2D eigenvalue weighted by Gasteiger charge is 2.48. The molecule has 0 N–H and O–H groups in total. The number of hydrogen-bond donors (Lipinski definition) is 0. The van der Waals surface area contributed by atoms with Crippen molar-refractivity contribution in [1.29, 1.82) is 0 Å². The van der Waals surface area contributed by atoms with E-state index >= 15 is 0 Å². The van der Waals surface area contributed by atoms with Gasteiger partial charge in [0.05, 0.1) is 0 Å². The van der Waals surface area contributed by atoms with Gasteiger partial charge in [0.2, 0.25) is 6.71 Å². The summed E-state index contributed by atoms with van der Waals surface area (Å²) in [4.78, 5) is 5.05. The third kappa shape index (κ3) is 7.52. The van der Waals surface area contributed by atoms with Crippen LogP contribution in [0.4, 0.5) is 34.1 Å². The Morgan fingerprint density at radius 1 is 0.419 bits per heavy atom.